The van der Waals surface area contributed by atoms with Crippen molar-refractivity contribution in [3.8, 4) is 0 Å². The Morgan fingerprint density at radius 3 is 1.81 bits per heavy atom. The van der Waals surface area contributed by atoms with Gasteiger partial charge in [0.05, 0.1) is 6.16 Å². The first kappa shape index (κ1) is 14.3. The number of rotatable bonds is 4. The van der Waals surface area contributed by atoms with Crippen LogP contribution in [0.4, 0.5) is 0 Å². The summed E-state index contributed by atoms with van der Waals surface area (Å²) in [4.78, 5) is 0. The van der Waals surface area contributed by atoms with Crippen LogP contribution in [0.1, 0.15) is 5.56 Å². The van der Waals surface area contributed by atoms with E-state index in [-0.39, 0.29) is 6.16 Å². The standard InChI is InChI=1S/C17H17O3P/c1-19-21(18,20-2)12-17-15-9-5-3-7-13(15)11-14-8-4-6-10-16(14)17/h3-11H,12H2,1-2H3. The lowest BCUT2D eigenvalue weighted by atomic mass is 9.98. The van der Waals surface area contributed by atoms with E-state index in [2.05, 4.69) is 18.2 Å². The number of fused-ring (bicyclic) bond motifs is 2. The molecule has 4 heteroatoms. The highest BCUT2D eigenvalue weighted by Crippen LogP contribution is 2.51. The maximum atomic E-state index is 12.6. The van der Waals surface area contributed by atoms with Crippen LogP contribution in [0.25, 0.3) is 21.5 Å². The molecule has 3 aromatic rings. The van der Waals surface area contributed by atoms with Gasteiger partial charge in [0, 0.05) is 14.2 Å². The van der Waals surface area contributed by atoms with Gasteiger partial charge in [-0.2, -0.15) is 0 Å². The van der Waals surface area contributed by atoms with Gasteiger partial charge < -0.3 is 9.05 Å². The molecule has 3 rings (SSSR count). The van der Waals surface area contributed by atoms with E-state index in [0.29, 0.717) is 0 Å². The monoisotopic (exact) mass is 300 g/mol. The Kier molecular flexibility index (Phi) is 3.81. The fourth-order valence-electron chi connectivity index (χ4n) is 2.68. The second-order valence-electron chi connectivity index (χ2n) is 4.93. The Morgan fingerprint density at radius 2 is 1.33 bits per heavy atom. The van der Waals surface area contributed by atoms with Gasteiger partial charge in [0.1, 0.15) is 0 Å². The van der Waals surface area contributed by atoms with Crippen LogP contribution in [0, 0.1) is 0 Å². The van der Waals surface area contributed by atoms with Crippen LogP contribution in [-0.2, 0) is 19.8 Å². The minimum absolute atomic E-state index is 0.266. The molecule has 0 amide bonds. The van der Waals surface area contributed by atoms with E-state index in [0.717, 1.165) is 27.1 Å². The molecule has 3 nitrogen and oxygen atoms in total. The largest absolute Gasteiger partial charge is 0.334 e. The highest BCUT2D eigenvalue weighted by atomic mass is 31.2. The first-order chi connectivity index (χ1) is 10.2. The quantitative estimate of drug-likeness (QED) is 0.503. The second-order valence-corrected chi connectivity index (χ2v) is 7.20. The molecule has 0 bridgehead atoms. The van der Waals surface area contributed by atoms with Crippen LogP contribution in [-0.4, -0.2) is 14.2 Å². The lowest BCUT2D eigenvalue weighted by Gasteiger charge is -2.17. The Balaban J connectivity index is 2.32. The third kappa shape index (κ3) is 2.60. The molecular formula is C17H17O3P. The topological polar surface area (TPSA) is 35.5 Å². The van der Waals surface area contributed by atoms with Gasteiger partial charge in [0.15, 0.2) is 0 Å². The van der Waals surface area contributed by atoms with Crippen molar-refractivity contribution >= 4 is 29.1 Å². The van der Waals surface area contributed by atoms with E-state index in [1.165, 1.54) is 14.2 Å². The van der Waals surface area contributed by atoms with Crippen LogP contribution in [0.5, 0.6) is 0 Å². The zero-order valence-electron chi connectivity index (χ0n) is 12.1. The van der Waals surface area contributed by atoms with E-state index in [1.807, 2.05) is 36.4 Å². The van der Waals surface area contributed by atoms with E-state index < -0.39 is 7.60 Å². The molecule has 0 spiro atoms. The lowest BCUT2D eigenvalue weighted by Crippen LogP contribution is -1.96. The van der Waals surface area contributed by atoms with E-state index in [4.69, 9.17) is 9.05 Å². The number of hydrogen-bond donors (Lipinski definition) is 0. The molecular weight excluding hydrogens is 283 g/mol. The minimum atomic E-state index is -3.11. The number of hydrogen-bond acceptors (Lipinski definition) is 3. The molecule has 0 aliphatic carbocycles. The predicted molar refractivity (Wildman–Crippen MR) is 86.8 cm³/mol. The molecule has 0 atom stereocenters. The van der Waals surface area contributed by atoms with Gasteiger partial charge in [-0.05, 0) is 33.2 Å². The zero-order chi connectivity index (χ0) is 14.9. The summed E-state index contributed by atoms with van der Waals surface area (Å²) in [6, 6.07) is 18.4. The highest BCUT2D eigenvalue weighted by molar-refractivity contribution is 7.53. The van der Waals surface area contributed by atoms with E-state index >= 15 is 0 Å². The summed E-state index contributed by atoms with van der Waals surface area (Å²) in [5.74, 6) is 0. The van der Waals surface area contributed by atoms with Crippen molar-refractivity contribution in [3.05, 3.63) is 60.2 Å². The second kappa shape index (κ2) is 5.61. The van der Waals surface area contributed by atoms with Crippen LogP contribution < -0.4 is 0 Å². The van der Waals surface area contributed by atoms with Crippen molar-refractivity contribution in [3.63, 3.8) is 0 Å². The summed E-state index contributed by atoms with van der Waals surface area (Å²) in [5, 5.41) is 4.44. The summed E-state index contributed by atoms with van der Waals surface area (Å²) in [7, 11) is -0.255. The fraction of sp³-hybridized carbons (Fsp3) is 0.176. The molecule has 0 saturated carbocycles. The van der Waals surface area contributed by atoms with Gasteiger partial charge in [-0.3, -0.25) is 4.57 Å². The van der Waals surface area contributed by atoms with Crippen LogP contribution in [0.15, 0.2) is 54.6 Å². The molecule has 0 fully saturated rings. The van der Waals surface area contributed by atoms with Crippen molar-refractivity contribution in [1.29, 1.82) is 0 Å². The summed E-state index contributed by atoms with van der Waals surface area (Å²) >= 11 is 0. The first-order valence-corrected chi connectivity index (χ1v) is 8.49. The van der Waals surface area contributed by atoms with Gasteiger partial charge in [-0.25, -0.2) is 0 Å². The van der Waals surface area contributed by atoms with Crippen molar-refractivity contribution in [2.24, 2.45) is 0 Å². The molecule has 0 aromatic heterocycles. The zero-order valence-corrected chi connectivity index (χ0v) is 13.0. The third-order valence-corrected chi connectivity index (χ3v) is 5.61. The van der Waals surface area contributed by atoms with Crippen molar-refractivity contribution in [2.45, 2.75) is 6.16 Å². The van der Waals surface area contributed by atoms with E-state index in [9.17, 15) is 4.57 Å². The molecule has 0 saturated heterocycles. The molecule has 0 N–H and O–H groups in total. The van der Waals surface area contributed by atoms with Gasteiger partial charge in [0.2, 0.25) is 0 Å². The normalized spacial score (nSPS) is 12.1. The van der Waals surface area contributed by atoms with Crippen molar-refractivity contribution in [1.82, 2.24) is 0 Å². The van der Waals surface area contributed by atoms with Gasteiger partial charge in [-0.1, -0.05) is 48.5 Å². The maximum Gasteiger partial charge on any atom is 0.334 e. The molecule has 0 heterocycles. The van der Waals surface area contributed by atoms with Gasteiger partial charge in [0.25, 0.3) is 0 Å². The lowest BCUT2D eigenvalue weighted by molar-refractivity contribution is 0.275. The summed E-state index contributed by atoms with van der Waals surface area (Å²) in [6.45, 7) is 0. The van der Waals surface area contributed by atoms with Crippen LogP contribution in [0.2, 0.25) is 0 Å². The molecule has 0 radical (unpaired) electrons. The Labute approximate surface area is 124 Å². The fourth-order valence-corrected chi connectivity index (χ4v) is 3.81. The van der Waals surface area contributed by atoms with Gasteiger partial charge >= 0.3 is 7.60 Å². The van der Waals surface area contributed by atoms with Crippen LogP contribution >= 0.6 is 7.60 Å². The van der Waals surface area contributed by atoms with E-state index in [1.54, 1.807) is 0 Å². The molecule has 3 aromatic carbocycles. The van der Waals surface area contributed by atoms with Crippen LogP contribution in [0.3, 0.4) is 0 Å². The molecule has 0 aliphatic rings. The molecule has 21 heavy (non-hydrogen) atoms. The maximum absolute atomic E-state index is 12.6. The van der Waals surface area contributed by atoms with Crippen molar-refractivity contribution in [2.75, 3.05) is 14.2 Å². The average Bonchev–Trinajstić information content (AvgIpc) is 2.54. The smallest absolute Gasteiger partial charge is 0.312 e. The average molecular weight is 300 g/mol. The third-order valence-electron chi connectivity index (χ3n) is 3.79. The van der Waals surface area contributed by atoms with Gasteiger partial charge in [-0.15, -0.1) is 0 Å². The summed E-state index contributed by atoms with van der Waals surface area (Å²) in [6.07, 6.45) is 0.266. The molecule has 0 unspecified atom stereocenters. The summed E-state index contributed by atoms with van der Waals surface area (Å²) in [5.41, 5.74) is 1.01. The summed E-state index contributed by atoms with van der Waals surface area (Å²) < 4.78 is 22.8. The predicted octanol–water partition coefficient (Wildman–Crippen LogP) is 4.98. The molecule has 0 aliphatic heterocycles. The first-order valence-electron chi connectivity index (χ1n) is 6.77. The van der Waals surface area contributed by atoms with Crippen molar-refractivity contribution < 1.29 is 13.6 Å². The Morgan fingerprint density at radius 1 is 0.857 bits per heavy atom. The highest BCUT2D eigenvalue weighted by Gasteiger charge is 2.24. The Hall–Kier alpha value is -1.67. The Bertz CT molecular complexity index is 780. The number of benzene rings is 3. The molecule has 108 valence electrons. The SMILES string of the molecule is COP(=O)(Cc1c2ccccc2cc2ccccc12)OC. The minimum Gasteiger partial charge on any atom is -0.312 e.